The third-order valence-corrected chi connectivity index (χ3v) is 8.94. The van der Waals surface area contributed by atoms with Gasteiger partial charge in [0.05, 0.1) is 10.5 Å². The SMILES string of the molecule is CN(c1ccccc1)c1ccc2cc(S(=O)(=O)N3CCN(c4ncc(-c5noc(C(F)(F)F)n5)cn4)CC3)ccc2c1. The molecule has 10 nitrogen and oxygen atoms in total. The highest BCUT2D eigenvalue weighted by molar-refractivity contribution is 7.89. The molecule has 3 aromatic carbocycles. The maximum absolute atomic E-state index is 13.5. The highest BCUT2D eigenvalue weighted by Crippen LogP contribution is 2.31. The van der Waals surface area contributed by atoms with E-state index in [2.05, 4.69) is 29.5 Å². The Morgan fingerprint density at radius 3 is 2.19 bits per heavy atom. The van der Waals surface area contributed by atoms with Crippen LogP contribution in [0.3, 0.4) is 0 Å². The summed E-state index contributed by atoms with van der Waals surface area (Å²) in [6.45, 7) is 1.10. The summed E-state index contributed by atoms with van der Waals surface area (Å²) in [5.41, 5.74) is 2.19. The normalized spacial score (nSPS) is 14.8. The van der Waals surface area contributed by atoms with E-state index < -0.39 is 22.1 Å². The van der Waals surface area contributed by atoms with Gasteiger partial charge in [0.15, 0.2) is 0 Å². The van der Waals surface area contributed by atoms with Crippen LogP contribution >= 0.6 is 0 Å². The molecule has 5 aromatic rings. The molecule has 1 aliphatic heterocycles. The van der Waals surface area contributed by atoms with Gasteiger partial charge in [-0.25, -0.2) is 18.4 Å². The first kappa shape index (κ1) is 27.6. The topological polar surface area (TPSA) is 109 Å². The second kappa shape index (κ2) is 10.7. The number of hydrogen-bond acceptors (Lipinski definition) is 9. The van der Waals surface area contributed by atoms with Crippen molar-refractivity contribution in [3.05, 3.63) is 85.0 Å². The Hall–Kier alpha value is -4.56. The highest BCUT2D eigenvalue weighted by atomic mass is 32.2. The molecule has 3 heterocycles. The van der Waals surface area contributed by atoms with Crippen LogP contribution in [-0.2, 0) is 16.2 Å². The number of anilines is 3. The summed E-state index contributed by atoms with van der Waals surface area (Å²) in [6.07, 6.45) is -2.15. The van der Waals surface area contributed by atoms with E-state index in [1.165, 1.54) is 16.7 Å². The van der Waals surface area contributed by atoms with Crippen LogP contribution in [0.4, 0.5) is 30.5 Å². The maximum Gasteiger partial charge on any atom is 0.471 e. The minimum absolute atomic E-state index is 0.161. The zero-order chi connectivity index (χ0) is 29.5. The minimum Gasteiger partial charge on any atom is -0.345 e. The van der Waals surface area contributed by atoms with E-state index in [9.17, 15) is 21.6 Å². The molecule has 1 fully saturated rings. The van der Waals surface area contributed by atoms with Crippen LogP contribution < -0.4 is 9.80 Å². The molecule has 0 unspecified atom stereocenters. The van der Waals surface area contributed by atoms with Gasteiger partial charge in [0.25, 0.3) is 0 Å². The molecule has 1 aliphatic rings. The number of halogens is 3. The largest absolute Gasteiger partial charge is 0.471 e. The molecule has 0 atom stereocenters. The lowest BCUT2D eigenvalue weighted by Gasteiger charge is -2.34. The Morgan fingerprint density at radius 1 is 0.857 bits per heavy atom. The van der Waals surface area contributed by atoms with E-state index in [4.69, 9.17) is 0 Å². The number of nitrogens with zero attached hydrogens (tertiary/aromatic N) is 7. The van der Waals surface area contributed by atoms with Crippen molar-refractivity contribution < 1.29 is 26.1 Å². The first-order valence-electron chi connectivity index (χ1n) is 12.9. The Balaban J connectivity index is 1.12. The monoisotopic (exact) mass is 595 g/mol. The molecule has 0 N–H and O–H groups in total. The van der Waals surface area contributed by atoms with Crippen LogP contribution in [0.2, 0.25) is 0 Å². The van der Waals surface area contributed by atoms with Crippen LogP contribution in [0.1, 0.15) is 5.89 Å². The Labute approximate surface area is 239 Å². The summed E-state index contributed by atoms with van der Waals surface area (Å²) < 4.78 is 70.8. The average molecular weight is 596 g/mol. The number of rotatable bonds is 6. The zero-order valence-electron chi connectivity index (χ0n) is 22.2. The number of hydrogen-bond donors (Lipinski definition) is 0. The summed E-state index contributed by atoms with van der Waals surface area (Å²) in [7, 11) is -1.76. The molecule has 0 aliphatic carbocycles. The summed E-state index contributed by atoms with van der Waals surface area (Å²) >= 11 is 0. The van der Waals surface area contributed by atoms with Crippen molar-refractivity contribution in [2.75, 3.05) is 43.0 Å². The maximum atomic E-state index is 13.5. The average Bonchev–Trinajstić information content (AvgIpc) is 3.52. The van der Waals surface area contributed by atoms with Gasteiger partial charge in [0.1, 0.15) is 0 Å². The van der Waals surface area contributed by atoms with Gasteiger partial charge in [-0.15, -0.1) is 0 Å². The van der Waals surface area contributed by atoms with E-state index in [0.29, 0.717) is 19.0 Å². The van der Waals surface area contributed by atoms with Crippen molar-refractivity contribution in [2.45, 2.75) is 11.1 Å². The zero-order valence-corrected chi connectivity index (χ0v) is 23.0. The van der Waals surface area contributed by atoms with Gasteiger partial charge in [0.2, 0.25) is 21.8 Å². The molecule has 0 spiro atoms. The minimum atomic E-state index is -4.75. The van der Waals surface area contributed by atoms with Gasteiger partial charge in [-0.3, -0.25) is 0 Å². The van der Waals surface area contributed by atoms with Crippen molar-refractivity contribution in [3.8, 4) is 11.4 Å². The molecule has 216 valence electrons. The van der Waals surface area contributed by atoms with E-state index in [1.54, 1.807) is 17.0 Å². The number of para-hydroxylation sites is 1. The highest BCUT2D eigenvalue weighted by Gasteiger charge is 2.38. The Bertz CT molecular complexity index is 1820. The summed E-state index contributed by atoms with van der Waals surface area (Å²) in [4.78, 5) is 15.8. The molecule has 1 saturated heterocycles. The van der Waals surface area contributed by atoms with Crippen molar-refractivity contribution in [1.82, 2.24) is 24.4 Å². The molecular weight excluding hydrogens is 571 g/mol. The molecular formula is C28H24F3N7O3S. The van der Waals surface area contributed by atoms with Gasteiger partial charge in [-0.1, -0.05) is 35.5 Å². The number of piperazine rings is 1. The van der Waals surface area contributed by atoms with E-state index in [0.717, 1.165) is 22.1 Å². The van der Waals surface area contributed by atoms with Crippen LogP contribution in [0.5, 0.6) is 0 Å². The summed E-state index contributed by atoms with van der Waals surface area (Å²) in [5, 5.41) is 5.07. The van der Waals surface area contributed by atoms with E-state index in [1.807, 2.05) is 61.6 Å². The predicted octanol–water partition coefficient (Wildman–Crippen LogP) is 4.98. The standard InChI is InChI=1S/C28H24F3N7O3S/c1-36(22-5-3-2-4-6-22)23-9-7-20-16-24(10-8-19(20)15-23)42(39,40)38-13-11-37(12-14-38)27-32-17-21(18-33-27)25-34-26(41-35-25)28(29,30)31/h2-10,15-18H,11-14H2,1H3. The second-order valence-electron chi connectivity index (χ2n) is 9.67. The van der Waals surface area contributed by atoms with Crippen molar-refractivity contribution in [1.29, 1.82) is 0 Å². The molecule has 0 amide bonds. The molecule has 14 heteroatoms. The number of sulfonamides is 1. The van der Waals surface area contributed by atoms with Crippen LogP contribution in [0.25, 0.3) is 22.2 Å². The lowest BCUT2D eigenvalue weighted by atomic mass is 10.1. The van der Waals surface area contributed by atoms with Crippen LogP contribution in [0, 0.1) is 0 Å². The smallest absolute Gasteiger partial charge is 0.345 e. The van der Waals surface area contributed by atoms with E-state index in [-0.39, 0.29) is 29.4 Å². The van der Waals surface area contributed by atoms with E-state index >= 15 is 0 Å². The molecule has 0 saturated carbocycles. The first-order chi connectivity index (χ1) is 20.1. The Morgan fingerprint density at radius 2 is 1.52 bits per heavy atom. The summed E-state index contributed by atoms with van der Waals surface area (Å²) in [6, 6.07) is 21.0. The number of alkyl halides is 3. The first-order valence-corrected chi connectivity index (χ1v) is 14.3. The summed E-state index contributed by atoms with van der Waals surface area (Å²) in [5.74, 6) is -1.41. The molecule has 2 aromatic heterocycles. The third-order valence-electron chi connectivity index (χ3n) is 7.05. The predicted molar refractivity (Wildman–Crippen MR) is 150 cm³/mol. The van der Waals surface area contributed by atoms with Gasteiger partial charge >= 0.3 is 12.1 Å². The van der Waals surface area contributed by atoms with Crippen molar-refractivity contribution >= 4 is 38.1 Å². The van der Waals surface area contributed by atoms with Crippen LogP contribution in [-0.4, -0.2) is 66.1 Å². The molecule has 6 rings (SSSR count). The second-order valence-corrected chi connectivity index (χ2v) is 11.6. The number of aromatic nitrogens is 4. The number of fused-ring (bicyclic) bond motifs is 1. The lowest BCUT2D eigenvalue weighted by molar-refractivity contribution is -0.159. The van der Waals surface area contributed by atoms with Gasteiger partial charge < -0.3 is 14.3 Å². The third kappa shape index (κ3) is 5.37. The van der Waals surface area contributed by atoms with Crippen LogP contribution in [0.15, 0.2) is 88.5 Å². The quantitative estimate of drug-likeness (QED) is 0.269. The fourth-order valence-corrected chi connectivity index (χ4v) is 6.17. The molecule has 0 radical (unpaired) electrons. The molecule has 42 heavy (non-hydrogen) atoms. The lowest BCUT2D eigenvalue weighted by Crippen LogP contribution is -2.49. The number of benzene rings is 3. The Kier molecular flexibility index (Phi) is 7.02. The van der Waals surface area contributed by atoms with Gasteiger partial charge in [-0.05, 0) is 47.2 Å². The van der Waals surface area contributed by atoms with Gasteiger partial charge in [-0.2, -0.15) is 22.5 Å². The fourth-order valence-electron chi connectivity index (χ4n) is 4.71. The van der Waals surface area contributed by atoms with Crippen molar-refractivity contribution in [3.63, 3.8) is 0 Å². The van der Waals surface area contributed by atoms with Gasteiger partial charge in [0, 0.05) is 57.0 Å². The molecule has 0 bridgehead atoms. The van der Waals surface area contributed by atoms with Crippen molar-refractivity contribution in [2.24, 2.45) is 0 Å². The fraction of sp³-hybridized carbons (Fsp3) is 0.214.